The van der Waals surface area contributed by atoms with Gasteiger partial charge >= 0.3 is 6.18 Å². The molecule has 158 valence electrons. The van der Waals surface area contributed by atoms with E-state index in [1.54, 1.807) is 43.7 Å². The lowest BCUT2D eigenvalue weighted by Gasteiger charge is -2.40. The third kappa shape index (κ3) is 4.02. The smallest absolute Gasteiger partial charge is 0.374 e. The minimum absolute atomic E-state index is 0.204. The summed E-state index contributed by atoms with van der Waals surface area (Å²) in [6, 6.07) is 4.94. The van der Waals surface area contributed by atoms with Crippen LogP contribution in [-0.4, -0.2) is 46.5 Å². The summed E-state index contributed by atoms with van der Waals surface area (Å²) in [5.41, 5.74) is 0.988. The van der Waals surface area contributed by atoms with Crippen LogP contribution in [0.3, 0.4) is 0 Å². The maximum absolute atomic E-state index is 13.5. The fourth-order valence-corrected chi connectivity index (χ4v) is 3.88. The van der Waals surface area contributed by atoms with E-state index in [0.29, 0.717) is 18.2 Å². The minimum Gasteiger partial charge on any atom is -0.374 e. The van der Waals surface area contributed by atoms with Crippen LogP contribution in [-0.2, 0) is 11.8 Å². The summed E-state index contributed by atoms with van der Waals surface area (Å²) in [4.78, 5) is 22.9. The quantitative estimate of drug-likeness (QED) is 0.767. The van der Waals surface area contributed by atoms with Gasteiger partial charge in [-0.15, -0.1) is 0 Å². The molecule has 0 saturated carbocycles. The van der Waals surface area contributed by atoms with Crippen LogP contribution in [0.15, 0.2) is 59.7 Å². The molecule has 0 bridgehead atoms. The van der Waals surface area contributed by atoms with Crippen molar-refractivity contribution in [2.45, 2.75) is 12.3 Å². The van der Waals surface area contributed by atoms with Gasteiger partial charge in [0, 0.05) is 50.1 Å². The Kier molecular flexibility index (Phi) is 5.46. The van der Waals surface area contributed by atoms with E-state index >= 15 is 0 Å². The molecule has 0 spiro atoms. The highest BCUT2D eigenvalue weighted by Gasteiger charge is 2.46. The van der Waals surface area contributed by atoms with Gasteiger partial charge in [-0.2, -0.15) is 13.2 Å². The Morgan fingerprint density at radius 3 is 2.63 bits per heavy atom. The van der Waals surface area contributed by atoms with Crippen LogP contribution in [0.1, 0.15) is 0 Å². The number of pyridine rings is 1. The number of hydrogen-bond donors (Lipinski definition) is 0. The van der Waals surface area contributed by atoms with Gasteiger partial charge in [-0.25, -0.2) is 4.98 Å². The van der Waals surface area contributed by atoms with E-state index in [0.717, 1.165) is 5.56 Å². The minimum atomic E-state index is -4.36. The lowest BCUT2D eigenvalue weighted by atomic mass is 9.83. The molecule has 9 heteroatoms. The molecule has 1 saturated heterocycles. The molecule has 3 heterocycles. The Labute approximate surface area is 171 Å². The summed E-state index contributed by atoms with van der Waals surface area (Å²) in [6.45, 7) is 0.883. The highest BCUT2D eigenvalue weighted by atomic mass is 19.4. The van der Waals surface area contributed by atoms with Gasteiger partial charge in [0.1, 0.15) is 0 Å². The van der Waals surface area contributed by atoms with Crippen molar-refractivity contribution in [3.05, 3.63) is 65.3 Å². The van der Waals surface area contributed by atoms with Crippen molar-refractivity contribution in [1.29, 1.82) is 0 Å². The maximum atomic E-state index is 13.5. The van der Waals surface area contributed by atoms with Crippen LogP contribution >= 0.6 is 0 Å². The van der Waals surface area contributed by atoms with Gasteiger partial charge in [0.2, 0.25) is 5.95 Å². The van der Waals surface area contributed by atoms with E-state index < -0.39 is 24.1 Å². The first-order valence-corrected chi connectivity index (χ1v) is 9.61. The number of ether oxygens (including phenoxy) is 1. The second-order valence-corrected chi connectivity index (χ2v) is 7.34. The molecular weight excluding hydrogens is 397 g/mol. The molecule has 0 aromatic carbocycles. The third-order valence-corrected chi connectivity index (χ3v) is 5.45. The van der Waals surface area contributed by atoms with Crippen molar-refractivity contribution in [3.8, 4) is 11.3 Å². The molecule has 1 aliphatic heterocycles. The standard InChI is InChI=1S/C21H21F3N4O2/c1-27-19(29)12-17(14-6-8-25-9-7-14)26-20(27)28-10-11-30-18(13-28)15-4-2-3-5-16(15)21(22,23)24/h2-9,12,15-16,18H,10-11,13H2,1H3/t15?,16?,18-/m0/s1. The zero-order chi connectivity index (χ0) is 21.3. The molecule has 1 fully saturated rings. The number of allylic oxidation sites excluding steroid dienone is 3. The first-order chi connectivity index (χ1) is 14.3. The van der Waals surface area contributed by atoms with Crippen LogP contribution in [0.2, 0.25) is 0 Å². The summed E-state index contributed by atoms with van der Waals surface area (Å²) in [5.74, 6) is -2.04. The number of anilines is 1. The van der Waals surface area contributed by atoms with Crippen molar-refractivity contribution < 1.29 is 17.9 Å². The molecule has 2 aromatic heterocycles. The first kappa shape index (κ1) is 20.3. The molecule has 3 atom stereocenters. The number of halogens is 3. The summed E-state index contributed by atoms with van der Waals surface area (Å²) in [7, 11) is 1.60. The molecule has 6 nitrogen and oxygen atoms in total. The number of hydrogen-bond acceptors (Lipinski definition) is 5. The van der Waals surface area contributed by atoms with Crippen molar-refractivity contribution in [1.82, 2.24) is 14.5 Å². The van der Waals surface area contributed by atoms with Crippen LogP contribution in [0.25, 0.3) is 11.3 Å². The van der Waals surface area contributed by atoms with Gasteiger partial charge in [0.05, 0.1) is 24.3 Å². The van der Waals surface area contributed by atoms with E-state index in [4.69, 9.17) is 4.74 Å². The second kappa shape index (κ2) is 8.06. The van der Waals surface area contributed by atoms with Crippen LogP contribution in [0, 0.1) is 11.8 Å². The molecule has 4 rings (SSSR count). The number of morpholine rings is 1. The zero-order valence-electron chi connectivity index (χ0n) is 16.3. The Bertz CT molecular complexity index is 1020. The van der Waals surface area contributed by atoms with Gasteiger partial charge < -0.3 is 9.64 Å². The molecule has 1 aliphatic carbocycles. The Hall–Kier alpha value is -2.94. The SMILES string of the molecule is Cn1c(N2CCO[C@H](C3C=CC=CC3C(F)(F)F)C2)nc(-c2ccncc2)cc1=O. The Morgan fingerprint density at radius 2 is 1.90 bits per heavy atom. The largest absolute Gasteiger partial charge is 0.395 e. The highest BCUT2D eigenvalue weighted by molar-refractivity contribution is 5.59. The topological polar surface area (TPSA) is 60.2 Å². The number of aromatic nitrogens is 3. The predicted molar refractivity (Wildman–Crippen MR) is 106 cm³/mol. The molecule has 0 N–H and O–H groups in total. The predicted octanol–water partition coefficient (Wildman–Crippen LogP) is 2.97. The van der Waals surface area contributed by atoms with E-state index in [-0.39, 0.29) is 18.7 Å². The number of alkyl halides is 3. The Morgan fingerprint density at radius 1 is 1.17 bits per heavy atom. The molecule has 2 aromatic rings. The van der Waals surface area contributed by atoms with E-state index in [2.05, 4.69) is 9.97 Å². The third-order valence-electron chi connectivity index (χ3n) is 5.45. The van der Waals surface area contributed by atoms with Gasteiger partial charge in [-0.1, -0.05) is 24.3 Å². The summed E-state index contributed by atoms with van der Waals surface area (Å²) in [6.07, 6.45) is 3.94. The van der Waals surface area contributed by atoms with Gasteiger partial charge in [-0.05, 0) is 12.1 Å². The number of rotatable bonds is 3. The maximum Gasteiger partial charge on any atom is 0.395 e. The van der Waals surface area contributed by atoms with Gasteiger partial charge in [0.15, 0.2) is 0 Å². The fraction of sp³-hybridized carbons (Fsp3) is 0.381. The second-order valence-electron chi connectivity index (χ2n) is 7.34. The van der Waals surface area contributed by atoms with Crippen molar-refractivity contribution >= 4 is 5.95 Å². The highest BCUT2D eigenvalue weighted by Crippen LogP contribution is 2.39. The molecule has 30 heavy (non-hydrogen) atoms. The van der Waals surface area contributed by atoms with E-state index in [1.165, 1.54) is 22.8 Å². The summed E-state index contributed by atoms with van der Waals surface area (Å²) in [5, 5.41) is 0. The van der Waals surface area contributed by atoms with Crippen LogP contribution in [0.4, 0.5) is 19.1 Å². The van der Waals surface area contributed by atoms with Crippen molar-refractivity contribution in [2.75, 3.05) is 24.6 Å². The average molecular weight is 418 g/mol. The lowest BCUT2D eigenvalue weighted by Crippen LogP contribution is -2.50. The molecule has 2 unspecified atom stereocenters. The van der Waals surface area contributed by atoms with Crippen LogP contribution in [0.5, 0.6) is 0 Å². The van der Waals surface area contributed by atoms with Crippen molar-refractivity contribution in [3.63, 3.8) is 0 Å². The van der Waals surface area contributed by atoms with Gasteiger partial charge in [0.25, 0.3) is 5.56 Å². The Balaban J connectivity index is 1.64. The van der Waals surface area contributed by atoms with Crippen LogP contribution < -0.4 is 10.5 Å². The first-order valence-electron chi connectivity index (χ1n) is 9.61. The monoisotopic (exact) mass is 418 g/mol. The molecular formula is C21H21F3N4O2. The van der Waals surface area contributed by atoms with E-state index in [1.807, 2.05) is 4.90 Å². The van der Waals surface area contributed by atoms with E-state index in [9.17, 15) is 18.0 Å². The summed E-state index contributed by atoms with van der Waals surface area (Å²) < 4.78 is 47.7. The number of nitrogens with zero attached hydrogens (tertiary/aromatic N) is 4. The normalized spacial score (nSPS) is 24.3. The van der Waals surface area contributed by atoms with Gasteiger partial charge in [-0.3, -0.25) is 14.3 Å². The molecule has 2 aliphatic rings. The lowest BCUT2D eigenvalue weighted by molar-refractivity contribution is -0.181. The molecule has 0 radical (unpaired) electrons. The van der Waals surface area contributed by atoms with Crippen molar-refractivity contribution in [2.24, 2.45) is 18.9 Å². The fourth-order valence-electron chi connectivity index (χ4n) is 3.88. The zero-order valence-corrected chi connectivity index (χ0v) is 16.3. The average Bonchev–Trinajstić information content (AvgIpc) is 2.75. The molecule has 0 amide bonds. The summed E-state index contributed by atoms with van der Waals surface area (Å²) >= 11 is 0.